The van der Waals surface area contributed by atoms with Gasteiger partial charge in [-0.05, 0) is 26.8 Å². The number of hydrogen-bond acceptors (Lipinski definition) is 4. The van der Waals surface area contributed by atoms with Crippen molar-refractivity contribution < 1.29 is 22.7 Å². The van der Waals surface area contributed by atoms with Crippen molar-refractivity contribution in [3.63, 3.8) is 0 Å². The number of nitrogens with zero attached hydrogens (tertiary/aromatic N) is 3. The van der Waals surface area contributed by atoms with Crippen molar-refractivity contribution in [2.45, 2.75) is 32.0 Å². The average molecular weight is 481 g/mol. The lowest BCUT2D eigenvalue weighted by atomic mass is 10.1. The maximum absolute atomic E-state index is 12.2. The summed E-state index contributed by atoms with van der Waals surface area (Å²) in [6.45, 7) is 2.63. The van der Waals surface area contributed by atoms with Gasteiger partial charge in [-0.25, -0.2) is 4.79 Å². The summed E-state index contributed by atoms with van der Waals surface area (Å²) in [7, 11) is 1.39. The van der Waals surface area contributed by atoms with Gasteiger partial charge in [0.2, 0.25) is 0 Å². The lowest BCUT2D eigenvalue weighted by Gasteiger charge is -2.31. The Morgan fingerprint density at radius 3 is 2.52 bits per heavy atom. The number of ether oxygens (including phenoxy) is 1. The molecule has 1 fully saturated rings. The number of alkyl halides is 3. The minimum absolute atomic E-state index is 0. The fourth-order valence-corrected chi connectivity index (χ4v) is 2.40. The summed E-state index contributed by atoms with van der Waals surface area (Å²) >= 11 is 0. The number of piperidine rings is 1. The van der Waals surface area contributed by atoms with Gasteiger partial charge in [-0.2, -0.15) is 13.2 Å². The van der Waals surface area contributed by atoms with Crippen LogP contribution in [-0.2, 0) is 4.74 Å². The Bertz CT molecular complexity index is 429. The number of likely N-dealkylation sites (N-methyl/N-ethyl adjacent to an activating group) is 1. The minimum atomic E-state index is -4.21. The van der Waals surface area contributed by atoms with Crippen molar-refractivity contribution in [3.8, 4) is 0 Å². The third-order valence-electron chi connectivity index (χ3n) is 3.59. The van der Waals surface area contributed by atoms with E-state index in [9.17, 15) is 18.0 Å². The van der Waals surface area contributed by atoms with Gasteiger partial charge in [0, 0.05) is 25.7 Å². The molecule has 0 radical (unpaired) electrons. The number of aliphatic imine (C=N–C) groups is 1. The first-order valence-corrected chi connectivity index (χ1v) is 7.94. The van der Waals surface area contributed by atoms with Crippen molar-refractivity contribution in [2.24, 2.45) is 10.7 Å². The number of hydrogen-bond donors (Lipinski definition) is 2. The zero-order valence-electron chi connectivity index (χ0n) is 14.5. The number of nitrogens with two attached hydrogens (primary N) is 1. The molecule has 1 heterocycles. The maximum Gasteiger partial charge on any atom is 0.409 e. The molecule has 0 bridgehead atoms. The van der Waals surface area contributed by atoms with Crippen LogP contribution in [0.2, 0.25) is 0 Å². The second-order valence-corrected chi connectivity index (χ2v) is 5.72. The molecule has 25 heavy (non-hydrogen) atoms. The molecular formula is C14H27F3IN5O2. The molecule has 1 saturated heterocycles. The highest BCUT2D eigenvalue weighted by Gasteiger charge is 2.28. The van der Waals surface area contributed by atoms with Gasteiger partial charge in [0.1, 0.15) is 0 Å². The molecule has 1 amide bonds. The monoisotopic (exact) mass is 481 g/mol. The van der Waals surface area contributed by atoms with Crippen molar-refractivity contribution in [3.05, 3.63) is 0 Å². The van der Waals surface area contributed by atoms with Crippen LogP contribution in [-0.4, -0.2) is 80.4 Å². The predicted octanol–water partition coefficient (Wildman–Crippen LogP) is 1.62. The summed E-state index contributed by atoms with van der Waals surface area (Å²) in [5.74, 6) is 0.213. The average Bonchev–Trinajstić information content (AvgIpc) is 2.46. The number of rotatable bonds is 6. The van der Waals surface area contributed by atoms with E-state index in [2.05, 4.69) is 10.3 Å². The Hall–Kier alpha value is -0.980. The van der Waals surface area contributed by atoms with Crippen LogP contribution in [0.1, 0.15) is 19.8 Å². The molecule has 1 rings (SSSR count). The van der Waals surface area contributed by atoms with Gasteiger partial charge >= 0.3 is 12.3 Å². The zero-order chi connectivity index (χ0) is 18.2. The van der Waals surface area contributed by atoms with E-state index in [4.69, 9.17) is 10.5 Å². The number of nitrogens with one attached hydrogen (secondary N) is 1. The van der Waals surface area contributed by atoms with Crippen molar-refractivity contribution in [2.75, 3.05) is 46.4 Å². The molecule has 7 nitrogen and oxygen atoms in total. The van der Waals surface area contributed by atoms with E-state index in [1.54, 1.807) is 11.8 Å². The molecule has 0 aromatic heterocycles. The summed E-state index contributed by atoms with van der Waals surface area (Å²) in [5.41, 5.74) is 5.75. The second kappa shape index (κ2) is 11.6. The van der Waals surface area contributed by atoms with Crippen LogP contribution in [0.5, 0.6) is 0 Å². The molecule has 0 aromatic carbocycles. The molecule has 0 atom stereocenters. The van der Waals surface area contributed by atoms with E-state index in [1.165, 1.54) is 7.05 Å². The first kappa shape index (κ1) is 24.0. The Kier molecular flexibility index (Phi) is 11.1. The lowest BCUT2D eigenvalue weighted by molar-refractivity contribution is -0.142. The number of carbonyl (C=O) groups is 1. The Morgan fingerprint density at radius 2 is 2.00 bits per heavy atom. The van der Waals surface area contributed by atoms with E-state index in [0.717, 1.165) is 4.90 Å². The third kappa shape index (κ3) is 10.6. The van der Waals surface area contributed by atoms with E-state index in [1.807, 2.05) is 0 Å². The SMILES string of the molecule is CCOC(=O)N1CCC(NC(N)=NCCN(C)CC(F)(F)F)CC1.I. The van der Waals surface area contributed by atoms with Crippen LogP contribution in [0, 0.1) is 0 Å². The molecule has 148 valence electrons. The summed E-state index contributed by atoms with van der Waals surface area (Å²) < 4.78 is 41.5. The van der Waals surface area contributed by atoms with Crippen LogP contribution < -0.4 is 11.1 Å². The van der Waals surface area contributed by atoms with Crippen LogP contribution in [0.4, 0.5) is 18.0 Å². The fourth-order valence-electron chi connectivity index (χ4n) is 2.40. The number of guanidine groups is 1. The summed E-state index contributed by atoms with van der Waals surface area (Å²) in [5, 5.41) is 3.04. The molecule has 0 saturated carbocycles. The quantitative estimate of drug-likeness (QED) is 0.343. The molecule has 1 aliphatic rings. The summed E-state index contributed by atoms with van der Waals surface area (Å²) in [4.78, 5) is 18.4. The van der Waals surface area contributed by atoms with Crippen molar-refractivity contribution in [1.29, 1.82) is 0 Å². The normalized spacial score (nSPS) is 16.6. The lowest BCUT2D eigenvalue weighted by Crippen LogP contribution is -2.48. The first-order chi connectivity index (χ1) is 11.2. The van der Waals surface area contributed by atoms with Crippen molar-refractivity contribution in [1.82, 2.24) is 15.1 Å². The first-order valence-electron chi connectivity index (χ1n) is 7.94. The summed E-state index contributed by atoms with van der Waals surface area (Å²) in [6, 6.07) is 0.0901. The molecule has 3 N–H and O–H groups in total. The van der Waals surface area contributed by atoms with Crippen LogP contribution in [0.15, 0.2) is 4.99 Å². The highest BCUT2D eigenvalue weighted by molar-refractivity contribution is 14.0. The van der Waals surface area contributed by atoms with Crippen LogP contribution in [0.3, 0.4) is 0 Å². The number of likely N-dealkylation sites (tertiary alicyclic amines) is 1. The molecule has 11 heteroatoms. The second-order valence-electron chi connectivity index (χ2n) is 5.72. The Labute approximate surface area is 163 Å². The Morgan fingerprint density at radius 1 is 1.40 bits per heavy atom. The van der Waals surface area contributed by atoms with Gasteiger partial charge in [-0.3, -0.25) is 9.89 Å². The van der Waals surface area contributed by atoms with Gasteiger partial charge < -0.3 is 20.7 Å². The van der Waals surface area contributed by atoms with Crippen LogP contribution >= 0.6 is 24.0 Å². The van der Waals surface area contributed by atoms with Gasteiger partial charge in [-0.15, -0.1) is 24.0 Å². The van der Waals surface area contributed by atoms with Crippen molar-refractivity contribution >= 4 is 36.0 Å². The van der Waals surface area contributed by atoms with Crippen LogP contribution in [0.25, 0.3) is 0 Å². The number of halogens is 4. The third-order valence-corrected chi connectivity index (χ3v) is 3.59. The van der Waals surface area contributed by atoms with Gasteiger partial charge in [-0.1, -0.05) is 0 Å². The summed E-state index contributed by atoms with van der Waals surface area (Å²) in [6.07, 6.45) is -3.11. The zero-order valence-corrected chi connectivity index (χ0v) is 16.8. The molecule has 0 aliphatic carbocycles. The largest absolute Gasteiger partial charge is 0.450 e. The van der Waals surface area contributed by atoms with Gasteiger partial charge in [0.25, 0.3) is 0 Å². The van der Waals surface area contributed by atoms with Gasteiger partial charge in [0.05, 0.1) is 19.7 Å². The smallest absolute Gasteiger partial charge is 0.409 e. The maximum atomic E-state index is 12.2. The van der Waals surface area contributed by atoms with E-state index >= 15 is 0 Å². The highest BCUT2D eigenvalue weighted by Crippen LogP contribution is 2.15. The molecule has 0 aromatic rings. The predicted molar refractivity (Wildman–Crippen MR) is 100 cm³/mol. The van der Waals surface area contributed by atoms with Gasteiger partial charge in [0.15, 0.2) is 5.96 Å². The molecule has 1 aliphatic heterocycles. The number of carbonyl (C=O) groups excluding carboxylic acids is 1. The Balaban J connectivity index is 0.00000576. The molecular weight excluding hydrogens is 454 g/mol. The standard InChI is InChI=1S/C14H26F3N5O2.HI/c1-3-24-13(23)22-7-4-11(5-8-22)20-12(18)19-6-9-21(2)10-14(15,16)17;/h11H,3-10H2,1-2H3,(H3,18,19,20);1H. The number of amides is 1. The highest BCUT2D eigenvalue weighted by atomic mass is 127. The topological polar surface area (TPSA) is 83.2 Å². The molecule has 0 spiro atoms. The minimum Gasteiger partial charge on any atom is -0.450 e. The van der Waals surface area contributed by atoms with E-state index < -0.39 is 12.7 Å². The van der Waals surface area contributed by atoms with E-state index in [-0.39, 0.29) is 55.2 Å². The molecule has 0 unspecified atom stereocenters. The van der Waals surface area contributed by atoms with E-state index in [0.29, 0.717) is 32.5 Å². The fraction of sp³-hybridized carbons (Fsp3) is 0.857.